The van der Waals surface area contributed by atoms with E-state index in [-0.39, 0.29) is 5.91 Å². The third kappa shape index (κ3) is 3.66. The molecule has 2 nitrogen and oxygen atoms in total. The van der Waals surface area contributed by atoms with Gasteiger partial charge >= 0.3 is 0 Å². The molecule has 2 heterocycles. The van der Waals surface area contributed by atoms with Crippen molar-refractivity contribution in [3.8, 4) is 10.4 Å². The van der Waals surface area contributed by atoms with Crippen molar-refractivity contribution in [3.63, 3.8) is 0 Å². The predicted octanol–water partition coefficient (Wildman–Crippen LogP) is 5.21. The van der Waals surface area contributed by atoms with Gasteiger partial charge < -0.3 is 5.32 Å². The monoisotopic (exact) mass is 391 g/mol. The lowest BCUT2D eigenvalue weighted by molar-refractivity contribution is 0.0953. The van der Waals surface area contributed by atoms with Crippen molar-refractivity contribution >= 4 is 44.5 Å². The van der Waals surface area contributed by atoms with Gasteiger partial charge in [0.25, 0.3) is 5.91 Å². The second-order valence-corrected chi connectivity index (χ2v) is 7.57. The molecule has 3 rings (SSSR count). The topological polar surface area (TPSA) is 29.1 Å². The molecule has 0 radical (unpaired) electrons. The maximum absolute atomic E-state index is 12.1. The number of rotatable bonds is 5. The quantitative estimate of drug-likeness (QED) is 0.635. The van der Waals surface area contributed by atoms with Gasteiger partial charge in [-0.05, 0) is 63.4 Å². The molecule has 5 heteroatoms. The number of thiophene rings is 2. The molecule has 0 aliphatic heterocycles. The summed E-state index contributed by atoms with van der Waals surface area (Å²) in [6.45, 7) is 0.643. The van der Waals surface area contributed by atoms with E-state index in [2.05, 4.69) is 50.2 Å². The van der Waals surface area contributed by atoms with Crippen LogP contribution in [0.1, 0.15) is 15.2 Å². The van der Waals surface area contributed by atoms with Crippen LogP contribution < -0.4 is 5.32 Å². The molecule has 112 valence electrons. The van der Waals surface area contributed by atoms with Crippen LogP contribution in [0.15, 0.2) is 57.7 Å². The second-order valence-electron chi connectivity index (χ2n) is 4.76. The molecule has 0 atom stereocenters. The van der Waals surface area contributed by atoms with Crippen LogP contribution in [0.4, 0.5) is 0 Å². The summed E-state index contributed by atoms with van der Waals surface area (Å²) in [5.41, 5.74) is 1.95. The van der Waals surface area contributed by atoms with Gasteiger partial charge in [0.15, 0.2) is 0 Å². The first-order valence-electron chi connectivity index (χ1n) is 6.88. The summed E-state index contributed by atoms with van der Waals surface area (Å²) in [7, 11) is 0. The van der Waals surface area contributed by atoms with Crippen LogP contribution in [0.25, 0.3) is 10.4 Å². The molecule has 3 aromatic rings. The van der Waals surface area contributed by atoms with Crippen molar-refractivity contribution in [1.29, 1.82) is 0 Å². The summed E-state index contributed by atoms with van der Waals surface area (Å²) >= 11 is 6.90. The first-order valence-corrected chi connectivity index (χ1v) is 9.43. The van der Waals surface area contributed by atoms with Crippen molar-refractivity contribution in [2.75, 3.05) is 6.54 Å². The van der Waals surface area contributed by atoms with Crippen LogP contribution in [-0.2, 0) is 6.42 Å². The van der Waals surface area contributed by atoms with Crippen LogP contribution in [0.3, 0.4) is 0 Å². The van der Waals surface area contributed by atoms with Crippen LogP contribution >= 0.6 is 38.6 Å². The van der Waals surface area contributed by atoms with Gasteiger partial charge in [-0.25, -0.2) is 0 Å². The minimum Gasteiger partial charge on any atom is -0.352 e. The lowest BCUT2D eigenvalue weighted by Crippen LogP contribution is -2.25. The Morgan fingerprint density at radius 1 is 1.14 bits per heavy atom. The summed E-state index contributed by atoms with van der Waals surface area (Å²) in [6, 6.07) is 13.9. The standard InChI is InChI=1S/C17H14BrNOS2/c18-15-4-2-1-3-14(15)17(20)19-9-7-13-5-6-16(22-13)12-8-10-21-11-12/h1-6,8,10-11H,7,9H2,(H,19,20). The van der Waals surface area contributed by atoms with Gasteiger partial charge in [-0.15, -0.1) is 11.3 Å². The zero-order valence-corrected chi connectivity index (χ0v) is 14.9. The molecule has 0 saturated heterocycles. The van der Waals surface area contributed by atoms with Crippen molar-refractivity contribution in [1.82, 2.24) is 5.32 Å². The predicted molar refractivity (Wildman–Crippen MR) is 97.8 cm³/mol. The average Bonchev–Trinajstić information content (AvgIpc) is 3.18. The highest BCUT2D eigenvalue weighted by Gasteiger charge is 2.09. The molecule has 2 aromatic heterocycles. The van der Waals surface area contributed by atoms with E-state index in [9.17, 15) is 4.79 Å². The molecule has 1 N–H and O–H groups in total. The van der Waals surface area contributed by atoms with Crippen molar-refractivity contribution in [2.45, 2.75) is 6.42 Å². The molecule has 1 amide bonds. The fourth-order valence-electron chi connectivity index (χ4n) is 2.11. The van der Waals surface area contributed by atoms with E-state index < -0.39 is 0 Å². The summed E-state index contributed by atoms with van der Waals surface area (Å²) in [5, 5.41) is 7.22. The molecule has 0 saturated carbocycles. The summed E-state index contributed by atoms with van der Waals surface area (Å²) < 4.78 is 0.823. The van der Waals surface area contributed by atoms with E-state index in [1.807, 2.05) is 24.3 Å². The van der Waals surface area contributed by atoms with Gasteiger partial charge in [0.05, 0.1) is 5.56 Å². The smallest absolute Gasteiger partial charge is 0.252 e. The van der Waals surface area contributed by atoms with Crippen LogP contribution in [0.5, 0.6) is 0 Å². The molecule has 0 aliphatic rings. The minimum atomic E-state index is -0.0397. The maximum atomic E-state index is 12.1. The Labute approximate surface area is 146 Å². The number of carbonyl (C=O) groups excluding carboxylic acids is 1. The molecule has 0 aliphatic carbocycles. The molecular formula is C17H14BrNOS2. The van der Waals surface area contributed by atoms with Gasteiger partial charge in [-0.1, -0.05) is 12.1 Å². The molecule has 1 aromatic carbocycles. The SMILES string of the molecule is O=C(NCCc1ccc(-c2ccsc2)s1)c1ccccc1Br. The van der Waals surface area contributed by atoms with Crippen molar-refractivity contribution in [2.24, 2.45) is 0 Å². The summed E-state index contributed by atoms with van der Waals surface area (Å²) in [4.78, 5) is 14.7. The van der Waals surface area contributed by atoms with Gasteiger partial charge in [-0.3, -0.25) is 4.79 Å². The Morgan fingerprint density at radius 2 is 2.00 bits per heavy atom. The van der Waals surface area contributed by atoms with Crippen molar-refractivity contribution < 1.29 is 4.79 Å². The highest BCUT2D eigenvalue weighted by molar-refractivity contribution is 9.10. The van der Waals surface area contributed by atoms with Gasteiger partial charge in [0, 0.05) is 26.3 Å². The van der Waals surface area contributed by atoms with Crippen LogP contribution in [0, 0.1) is 0 Å². The van der Waals surface area contributed by atoms with Crippen LogP contribution in [0.2, 0.25) is 0 Å². The van der Waals surface area contributed by atoms with E-state index >= 15 is 0 Å². The minimum absolute atomic E-state index is 0.0397. The average molecular weight is 392 g/mol. The lowest BCUT2D eigenvalue weighted by atomic mass is 10.2. The van der Waals surface area contributed by atoms with E-state index in [0.29, 0.717) is 12.1 Å². The molecular weight excluding hydrogens is 378 g/mol. The maximum Gasteiger partial charge on any atom is 0.252 e. The molecule has 0 fully saturated rings. The zero-order chi connectivity index (χ0) is 15.4. The Balaban J connectivity index is 1.55. The molecule has 0 unspecified atom stereocenters. The van der Waals surface area contributed by atoms with E-state index in [1.165, 1.54) is 15.3 Å². The Bertz CT molecular complexity index is 765. The summed E-state index contributed by atoms with van der Waals surface area (Å²) in [6.07, 6.45) is 0.852. The van der Waals surface area contributed by atoms with Gasteiger partial charge in [0.1, 0.15) is 0 Å². The molecule has 22 heavy (non-hydrogen) atoms. The molecule has 0 spiro atoms. The second kappa shape index (κ2) is 7.22. The van der Waals surface area contributed by atoms with Crippen molar-refractivity contribution in [3.05, 3.63) is 68.1 Å². The lowest BCUT2D eigenvalue weighted by Gasteiger charge is -2.05. The number of hydrogen-bond acceptors (Lipinski definition) is 3. The highest BCUT2D eigenvalue weighted by atomic mass is 79.9. The third-order valence-corrected chi connectivity index (χ3v) is 5.81. The van der Waals surface area contributed by atoms with E-state index in [4.69, 9.17) is 0 Å². The number of carbonyl (C=O) groups is 1. The first-order chi connectivity index (χ1) is 10.7. The normalized spacial score (nSPS) is 10.6. The van der Waals surface area contributed by atoms with Gasteiger partial charge in [-0.2, -0.15) is 11.3 Å². The third-order valence-electron chi connectivity index (χ3n) is 3.24. The van der Waals surface area contributed by atoms with Gasteiger partial charge in [0.2, 0.25) is 0 Å². The highest BCUT2D eigenvalue weighted by Crippen LogP contribution is 2.29. The fraction of sp³-hybridized carbons (Fsp3) is 0.118. The number of halogens is 1. The summed E-state index contributed by atoms with van der Waals surface area (Å²) in [5.74, 6) is -0.0397. The van der Waals surface area contributed by atoms with Crippen LogP contribution in [-0.4, -0.2) is 12.5 Å². The fourth-order valence-corrected chi connectivity index (χ4v) is 4.31. The Hall–Kier alpha value is -1.43. The Kier molecular flexibility index (Phi) is 5.08. The zero-order valence-electron chi connectivity index (χ0n) is 11.7. The largest absolute Gasteiger partial charge is 0.352 e. The molecule has 0 bridgehead atoms. The number of benzene rings is 1. The van der Waals surface area contributed by atoms with E-state index in [0.717, 1.165) is 10.9 Å². The number of nitrogens with one attached hydrogen (secondary N) is 1. The van der Waals surface area contributed by atoms with E-state index in [1.54, 1.807) is 22.7 Å². The number of amides is 1. The first kappa shape index (κ1) is 15.5. The Morgan fingerprint density at radius 3 is 2.77 bits per heavy atom. The number of hydrogen-bond donors (Lipinski definition) is 1.